The number of fused-ring (bicyclic) bond motifs is 1. The van der Waals surface area contributed by atoms with Crippen LogP contribution in [-0.4, -0.2) is 38.3 Å². The summed E-state index contributed by atoms with van der Waals surface area (Å²) in [6.45, 7) is 0.513. The Morgan fingerprint density at radius 2 is 1.81 bits per heavy atom. The van der Waals surface area contributed by atoms with E-state index in [1.807, 2.05) is 0 Å². The van der Waals surface area contributed by atoms with E-state index in [9.17, 15) is 18.0 Å². The summed E-state index contributed by atoms with van der Waals surface area (Å²) in [7, 11) is -3.57. The van der Waals surface area contributed by atoms with Gasteiger partial charge < -0.3 is 18.9 Å². The van der Waals surface area contributed by atoms with Crippen LogP contribution in [-0.2, 0) is 14.8 Å². The summed E-state index contributed by atoms with van der Waals surface area (Å²) in [6.07, 6.45) is 4.14. The SMILES string of the molecule is O=C(COc1c(-c2ccco2)oc2ccc(Cl)cc2c1=O)Nc1ccc(S(=O)(=O)N2CCCCC2)cc1. The molecule has 1 amide bonds. The monoisotopic (exact) mass is 542 g/mol. The van der Waals surface area contributed by atoms with Gasteiger partial charge in [-0.2, -0.15) is 4.31 Å². The quantitative estimate of drug-likeness (QED) is 0.353. The van der Waals surface area contributed by atoms with E-state index < -0.39 is 28.0 Å². The lowest BCUT2D eigenvalue weighted by Crippen LogP contribution is -2.35. The maximum Gasteiger partial charge on any atom is 0.262 e. The predicted octanol–water partition coefficient (Wildman–Crippen LogP) is 4.90. The molecule has 1 fully saturated rings. The number of amides is 1. The summed E-state index contributed by atoms with van der Waals surface area (Å²) in [5, 5.41) is 3.19. The van der Waals surface area contributed by atoms with Crippen LogP contribution in [0.15, 0.2) is 79.4 Å². The summed E-state index contributed by atoms with van der Waals surface area (Å²) in [6, 6.07) is 13.8. The Hall–Kier alpha value is -3.60. The standard InChI is InChI=1S/C26H23ClN2O7S/c27-17-6-11-21-20(15-17)24(31)26(25(36-21)22-5-4-14-34-22)35-16-23(30)28-18-7-9-19(10-8-18)37(32,33)29-12-2-1-3-13-29/h4-11,14-15H,1-3,12-13,16H2,(H,28,30). The first-order valence-electron chi connectivity index (χ1n) is 11.7. The highest BCUT2D eigenvalue weighted by molar-refractivity contribution is 7.89. The van der Waals surface area contributed by atoms with E-state index in [0.717, 1.165) is 19.3 Å². The highest BCUT2D eigenvalue weighted by atomic mass is 35.5. The van der Waals surface area contributed by atoms with Crippen molar-refractivity contribution < 1.29 is 26.8 Å². The zero-order chi connectivity index (χ0) is 26.0. The lowest BCUT2D eigenvalue weighted by molar-refractivity contribution is -0.118. The lowest BCUT2D eigenvalue weighted by Gasteiger charge is -2.25. The number of hydrogen-bond acceptors (Lipinski definition) is 7. The van der Waals surface area contributed by atoms with Crippen LogP contribution < -0.4 is 15.5 Å². The van der Waals surface area contributed by atoms with Gasteiger partial charge in [-0.1, -0.05) is 18.0 Å². The van der Waals surface area contributed by atoms with Gasteiger partial charge in [-0.05, 0) is 67.4 Å². The number of rotatable bonds is 7. The number of hydrogen-bond donors (Lipinski definition) is 1. The zero-order valence-corrected chi connectivity index (χ0v) is 21.2. The molecule has 2 aromatic heterocycles. The number of carbonyl (C=O) groups is 1. The van der Waals surface area contributed by atoms with Crippen molar-refractivity contribution in [3.63, 3.8) is 0 Å². The van der Waals surface area contributed by atoms with Crippen LogP contribution in [0.3, 0.4) is 0 Å². The van der Waals surface area contributed by atoms with Crippen LogP contribution >= 0.6 is 11.6 Å². The van der Waals surface area contributed by atoms with Gasteiger partial charge in [0.15, 0.2) is 12.4 Å². The second kappa shape index (κ2) is 10.4. The van der Waals surface area contributed by atoms with Crippen molar-refractivity contribution in [2.24, 2.45) is 0 Å². The average Bonchev–Trinajstić information content (AvgIpc) is 3.44. The Morgan fingerprint density at radius 1 is 1.05 bits per heavy atom. The van der Waals surface area contributed by atoms with Gasteiger partial charge in [-0.3, -0.25) is 9.59 Å². The second-order valence-electron chi connectivity index (χ2n) is 8.53. The maximum atomic E-state index is 13.2. The largest absolute Gasteiger partial charge is 0.476 e. The van der Waals surface area contributed by atoms with E-state index in [1.165, 1.54) is 40.9 Å². The summed E-state index contributed by atoms with van der Waals surface area (Å²) in [4.78, 5) is 25.9. The molecule has 0 atom stereocenters. The van der Waals surface area contributed by atoms with Gasteiger partial charge in [-0.25, -0.2) is 8.42 Å². The minimum atomic E-state index is -3.57. The molecular formula is C26H23ClN2O7S. The summed E-state index contributed by atoms with van der Waals surface area (Å²) < 4.78 is 44.0. The van der Waals surface area contributed by atoms with Crippen molar-refractivity contribution >= 4 is 44.2 Å². The molecule has 1 saturated heterocycles. The van der Waals surface area contributed by atoms with Gasteiger partial charge in [0.25, 0.3) is 5.91 Å². The zero-order valence-electron chi connectivity index (χ0n) is 19.6. The van der Waals surface area contributed by atoms with Gasteiger partial charge in [0.1, 0.15) is 5.58 Å². The number of nitrogens with zero attached hydrogens (tertiary/aromatic N) is 1. The minimum absolute atomic E-state index is 0.0462. The van der Waals surface area contributed by atoms with Crippen molar-refractivity contribution in [1.82, 2.24) is 4.31 Å². The van der Waals surface area contributed by atoms with E-state index >= 15 is 0 Å². The molecule has 0 radical (unpaired) electrons. The number of halogens is 1. The number of benzene rings is 2. The first kappa shape index (κ1) is 25.1. The van der Waals surface area contributed by atoms with Gasteiger partial charge in [-0.15, -0.1) is 0 Å². The number of nitrogens with one attached hydrogen (secondary N) is 1. The number of sulfonamides is 1. The molecule has 1 N–H and O–H groups in total. The molecular weight excluding hydrogens is 520 g/mol. The van der Waals surface area contributed by atoms with Crippen LogP contribution in [0.5, 0.6) is 5.75 Å². The second-order valence-corrected chi connectivity index (χ2v) is 10.9. The topological polar surface area (TPSA) is 119 Å². The molecule has 4 aromatic rings. The molecule has 3 heterocycles. The Morgan fingerprint density at radius 3 is 2.51 bits per heavy atom. The van der Waals surface area contributed by atoms with Gasteiger partial charge in [0.05, 0.1) is 16.5 Å². The molecule has 1 aliphatic heterocycles. The summed E-state index contributed by atoms with van der Waals surface area (Å²) >= 11 is 6.04. The average molecular weight is 543 g/mol. The molecule has 1 aliphatic rings. The molecule has 0 bridgehead atoms. The molecule has 11 heteroatoms. The smallest absolute Gasteiger partial charge is 0.262 e. The number of carbonyl (C=O) groups excluding carboxylic acids is 1. The van der Waals surface area contributed by atoms with Gasteiger partial charge in [0.2, 0.25) is 27.0 Å². The Bertz CT molecular complexity index is 1590. The Kier molecular flexibility index (Phi) is 7.05. The maximum absolute atomic E-state index is 13.2. The fourth-order valence-corrected chi connectivity index (χ4v) is 5.84. The van der Waals surface area contributed by atoms with Crippen molar-refractivity contribution in [3.05, 3.63) is 76.1 Å². The number of piperidine rings is 1. The van der Waals surface area contributed by atoms with Crippen LogP contribution in [0.2, 0.25) is 5.02 Å². The molecule has 0 spiro atoms. The number of anilines is 1. The Balaban J connectivity index is 1.32. The van der Waals surface area contributed by atoms with Crippen LogP contribution in [0.1, 0.15) is 19.3 Å². The molecule has 2 aromatic carbocycles. The molecule has 5 rings (SSSR count). The number of furan rings is 1. The van der Waals surface area contributed by atoms with Crippen molar-refractivity contribution in [3.8, 4) is 17.3 Å². The van der Waals surface area contributed by atoms with E-state index in [1.54, 1.807) is 24.3 Å². The third-order valence-corrected chi connectivity index (χ3v) is 8.14. The molecule has 0 aliphatic carbocycles. The molecule has 0 saturated carbocycles. The number of ether oxygens (including phenoxy) is 1. The molecule has 0 unspecified atom stereocenters. The molecule has 192 valence electrons. The predicted molar refractivity (Wildman–Crippen MR) is 138 cm³/mol. The van der Waals surface area contributed by atoms with E-state index in [0.29, 0.717) is 23.8 Å². The van der Waals surface area contributed by atoms with Crippen LogP contribution in [0.25, 0.3) is 22.5 Å². The first-order valence-corrected chi connectivity index (χ1v) is 13.5. The van der Waals surface area contributed by atoms with Crippen molar-refractivity contribution in [1.29, 1.82) is 0 Å². The van der Waals surface area contributed by atoms with Crippen LogP contribution in [0.4, 0.5) is 5.69 Å². The third-order valence-electron chi connectivity index (χ3n) is 5.99. The molecule has 37 heavy (non-hydrogen) atoms. The van der Waals surface area contributed by atoms with Gasteiger partial charge in [0, 0.05) is 23.8 Å². The van der Waals surface area contributed by atoms with Crippen molar-refractivity contribution in [2.75, 3.05) is 25.0 Å². The molecule has 9 nitrogen and oxygen atoms in total. The fraction of sp³-hybridized carbons (Fsp3) is 0.231. The fourth-order valence-electron chi connectivity index (χ4n) is 4.15. The third kappa shape index (κ3) is 5.27. The Labute approximate surface area is 217 Å². The lowest BCUT2D eigenvalue weighted by atomic mass is 10.2. The van der Waals surface area contributed by atoms with Gasteiger partial charge >= 0.3 is 0 Å². The van der Waals surface area contributed by atoms with E-state index in [4.69, 9.17) is 25.2 Å². The van der Waals surface area contributed by atoms with E-state index in [-0.39, 0.29) is 33.1 Å². The summed E-state index contributed by atoms with van der Waals surface area (Å²) in [5.74, 6) is -0.440. The summed E-state index contributed by atoms with van der Waals surface area (Å²) in [5.41, 5.74) is 0.169. The van der Waals surface area contributed by atoms with E-state index in [2.05, 4.69) is 5.32 Å². The highest BCUT2D eigenvalue weighted by Gasteiger charge is 2.26. The highest BCUT2D eigenvalue weighted by Crippen LogP contribution is 2.32. The first-order chi connectivity index (χ1) is 17.8. The minimum Gasteiger partial charge on any atom is -0.476 e. The van der Waals surface area contributed by atoms with Crippen LogP contribution in [0, 0.1) is 0 Å². The van der Waals surface area contributed by atoms with Crippen molar-refractivity contribution in [2.45, 2.75) is 24.2 Å². The normalized spacial score (nSPS) is 14.5.